The van der Waals surface area contributed by atoms with Crippen LogP contribution in [0.25, 0.3) is 11.0 Å². The Bertz CT molecular complexity index is 1710. The number of carbonyl (C=O) groups is 1. The van der Waals surface area contributed by atoms with E-state index < -0.39 is 35.9 Å². The molecule has 13 heteroatoms. The molecule has 6 rings (SSSR count). The Morgan fingerprint density at radius 2 is 1.93 bits per heavy atom. The number of amides is 2. The molecule has 4 aromatic rings. The number of halogens is 3. The number of H-pyrrole nitrogens is 1. The van der Waals surface area contributed by atoms with Gasteiger partial charge < -0.3 is 34.3 Å². The monoisotopic (exact) mass is 624 g/mol. The maximum absolute atomic E-state index is 14.1. The van der Waals surface area contributed by atoms with E-state index in [0.717, 1.165) is 33.9 Å². The fourth-order valence-corrected chi connectivity index (χ4v) is 6.05. The lowest BCUT2D eigenvalue weighted by molar-refractivity contribution is -0.140. The number of nitrogens with one attached hydrogen (secondary N) is 2. The lowest BCUT2D eigenvalue weighted by atomic mass is 9.93. The van der Waals surface area contributed by atoms with Gasteiger partial charge in [0, 0.05) is 38.6 Å². The highest BCUT2D eigenvalue weighted by Gasteiger charge is 2.39. The van der Waals surface area contributed by atoms with Crippen LogP contribution in [0.4, 0.5) is 23.7 Å². The average molecular weight is 625 g/mol. The molecular weight excluding hydrogens is 589 g/mol. The average Bonchev–Trinajstić information content (AvgIpc) is 3.39. The number of rotatable bonds is 6. The summed E-state index contributed by atoms with van der Waals surface area (Å²) in [5.41, 5.74) is 2.52. The first-order valence-corrected chi connectivity index (χ1v) is 14.8. The van der Waals surface area contributed by atoms with Crippen LogP contribution in [-0.2, 0) is 17.3 Å². The molecule has 238 valence electrons. The first-order chi connectivity index (χ1) is 21.5. The summed E-state index contributed by atoms with van der Waals surface area (Å²) in [6.07, 6.45) is -1.80. The Labute approximate surface area is 258 Å². The molecule has 2 aliphatic heterocycles. The molecular formula is C32H35F3N6O4. The van der Waals surface area contributed by atoms with Crippen LogP contribution in [0, 0.1) is 6.92 Å². The van der Waals surface area contributed by atoms with Gasteiger partial charge in [0.2, 0.25) is 5.88 Å². The van der Waals surface area contributed by atoms with Crippen LogP contribution in [0.15, 0.2) is 48.8 Å². The number of aromatic nitrogens is 3. The maximum Gasteiger partial charge on any atom is 0.421 e. The molecule has 3 aromatic heterocycles. The van der Waals surface area contributed by atoms with Crippen molar-refractivity contribution >= 4 is 22.8 Å². The summed E-state index contributed by atoms with van der Waals surface area (Å²) in [5, 5.41) is 3.47. The number of fused-ring (bicyclic) bond motifs is 2. The Hall–Kier alpha value is -4.36. The summed E-state index contributed by atoms with van der Waals surface area (Å²) >= 11 is 0. The number of carbonyl (C=O) groups excluding carboxylic acids is 1. The third-order valence-electron chi connectivity index (χ3n) is 8.45. The standard InChI is InChI=1S/C32H35F3N6O4/c1-18-13-24-26(7-10-36-29(24)38-18)44-22-6-5-20-8-12-41(19(2)23(20)15-22)31(42)39-21-14-25(32(33,34)35)30(37-16-21)45-27-9-11-40(3)17-28(27)43-4/h5-7,10,13-16,19,27-28H,8-9,11-12,17H2,1-4H3,(H,36,38)(H,39,42)/t19-,27+,28-/m0/s1. The first kappa shape index (κ1) is 30.7. The third-order valence-corrected chi connectivity index (χ3v) is 8.45. The topological polar surface area (TPSA) is 105 Å². The van der Waals surface area contributed by atoms with Crippen molar-refractivity contribution in [3.8, 4) is 17.4 Å². The summed E-state index contributed by atoms with van der Waals surface area (Å²) in [5.74, 6) is 0.714. The minimum Gasteiger partial charge on any atom is -0.471 e. The van der Waals surface area contributed by atoms with Crippen molar-refractivity contribution in [3.63, 3.8) is 0 Å². The molecule has 1 fully saturated rings. The van der Waals surface area contributed by atoms with Gasteiger partial charge in [0.1, 0.15) is 34.9 Å². The Balaban J connectivity index is 1.18. The minimum absolute atomic E-state index is 0.0788. The maximum atomic E-state index is 14.1. The number of pyridine rings is 2. The molecule has 0 unspecified atom stereocenters. The van der Waals surface area contributed by atoms with Gasteiger partial charge in [-0.3, -0.25) is 0 Å². The zero-order valence-electron chi connectivity index (χ0n) is 25.4. The van der Waals surface area contributed by atoms with Gasteiger partial charge in [0.25, 0.3) is 0 Å². The van der Waals surface area contributed by atoms with Gasteiger partial charge in [0.05, 0.1) is 23.3 Å². The quantitative estimate of drug-likeness (QED) is 0.259. The van der Waals surface area contributed by atoms with E-state index in [1.54, 1.807) is 17.2 Å². The Kier molecular flexibility index (Phi) is 8.31. The van der Waals surface area contributed by atoms with Crippen LogP contribution in [0.1, 0.15) is 41.8 Å². The zero-order chi connectivity index (χ0) is 31.9. The highest BCUT2D eigenvalue weighted by Crippen LogP contribution is 2.39. The fourth-order valence-electron chi connectivity index (χ4n) is 6.05. The van der Waals surface area contributed by atoms with Crippen molar-refractivity contribution in [2.24, 2.45) is 0 Å². The molecule has 0 bridgehead atoms. The number of ether oxygens (including phenoxy) is 3. The SMILES string of the molecule is CO[C@H]1CN(C)CC[C@H]1Oc1ncc(NC(=O)N2CCc3ccc(Oc4ccnc5[nH]c(C)cc45)cc3[C@@H]2C)cc1C(F)(F)F. The van der Waals surface area contributed by atoms with Gasteiger partial charge >= 0.3 is 12.2 Å². The number of urea groups is 1. The number of methoxy groups -OCH3 is 1. The van der Waals surface area contributed by atoms with E-state index in [0.29, 0.717) is 44.0 Å². The fraction of sp³-hybridized carbons (Fsp3) is 0.406. The van der Waals surface area contributed by atoms with Crippen LogP contribution < -0.4 is 14.8 Å². The van der Waals surface area contributed by atoms with Crippen LogP contribution in [0.5, 0.6) is 17.4 Å². The minimum atomic E-state index is -4.75. The lowest BCUT2D eigenvalue weighted by Gasteiger charge is -2.36. The van der Waals surface area contributed by atoms with Crippen molar-refractivity contribution in [3.05, 3.63) is 71.2 Å². The Morgan fingerprint density at radius 1 is 1.11 bits per heavy atom. The highest BCUT2D eigenvalue weighted by molar-refractivity contribution is 5.90. The van der Waals surface area contributed by atoms with Gasteiger partial charge in [-0.05, 0) is 75.2 Å². The molecule has 0 radical (unpaired) electrons. The smallest absolute Gasteiger partial charge is 0.421 e. The molecule has 2 aliphatic rings. The van der Waals surface area contributed by atoms with E-state index in [1.165, 1.54) is 13.3 Å². The van der Waals surface area contributed by atoms with Crippen molar-refractivity contribution in [1.29, 1.82) is 0 Å². The van der Waals surface area contributed by atoms with Crippen molar-refractivity contribution < 1.29 is 32.2 Å². The summed E-state index contributed by atoms with van der Waals surface area (Å²) in [6.45, 7) is 5.41. The van der Waals surface area contributed by atoms with Crippen molar-refractivity contribution in [2.45, 2.75) is 51.1 Å². The molecule has 2 amide bonds. The number of likely N-dealkylation sites (N-methyl/N-ethyl adjacent to an activating group) is 1. The second-order valence-corrected chi connectivity index (χ2v) is 11.6. The summed E-state index contributed by atoms with van der Waals surface area (Å²) in [7, 11) is 3.42. The molecule has 10 nitrogen and oxygen atoms in total. The normalized spacial score (nSPS) is 20.6. The molecule has 3 atom stereocenters. The van der Waals surface area contributed by atoms with Crippen LogP contribution in [-0.4, -0.2) is 76.8 Å². The number of piperidine rings is 1. The van der Waals surface area contributed by atoms with Gasteiger partial charge in [0.15, 0.2) is 0 Å². The van der Waals surface area contributed by atoms with E-state index in [4.69, 9.17) is 14.2 Å². The van der Waals surface area contributed by atoms with Gasteiger partial charge in [-0.1, -0.05) is 6.07 Å². The second kappa shape index (κ2) is 12.2. The van der Waals surface area contributed by atoms with E-state index >= 15 is 0 Å². The number of aryl methyl sites for hydroxylation is 1. The van der Waals surface area contributed by atoms with Crippen LogP contribution in [0.2, 0.25) is 0 Å². The van der Waals surface area contributed by atoms with Gasteiger partial charge in [-0.2, -0.15) is 13.2 Å². The first-order valence-electron chi connectivity index (χ1n) is 14.8. The van der Waals surface area contributed by atoms with Gasteiger partial charge in [-0.25, -0.2) is 14.8 Å². The molecule has 1 saturated heterocycles. The summed E-state index contributed by atoms with van der Waals surface area (Å²) in [4.78, 5) is 28.5. The zero-order valence-corrected chi connectivity index (χ0v) is 25.4. The van der Waals surface area contributed by atoms with E-state index in [1.807, 2.05) is 50.1 Å². The number of likely N-dealkylation sites (tertiary alicyclic amines) is 1. The number of anilines is 1. The molecule has 5 heterocycles. The van der Waals surface area contributed by atoms with Crippen LogP contribution >= 0.6 is 0 Å². The summed E-state index contributed by atoms with van der Waals surface area (Å²) < 4.78 is 59.8. The molecule has 0 spiro atoms. The molecule has 2 N–H and O–H groups in total. The van der Waals surface area contributed by atoms with E-state index in [9.17, 15) is 18.0 Å². The molecule has 1 aromatic carbocycles. The lowest BCUT2D eigenvalue weighted by Crippen LogP contribution is -2.48. The van der Waals surface area contributed by atoms with E-state index in [2.05, 4.69) is 20.3 Å². The predicted octanol–water partition coefficient (Wildman–Crippen LogP) is 6.33. The molecule has 0 aliphatic carbocycles. The number of benzene rings is 1. The predicted molar refractivity (Wildman–Crippen MR) is 162 cm³/mol. The number of hydrogen-bond donors (Lipinski definition) is 2. The number of hydrogen-bond acceptors (Lipinski definition) is 7. The van der Waals surface area contributed by atoms with Gasteiger partial charge in [-0.15, -0.1) is 0 Å². The van der Waals surface area contributed by atoms with Crippen molar-refractivity contribution in [1.82, 2.24) is 24.8 Å². The number of alkyl halides is 3. The second-order valence-electron chi connectivity index (χ2n) is 11.6. The highest BCUT2D eigenvalue weighted by atomic mass is 19.4. The largest absolute Gasteiger partial charge is 0.471 e. The molecule has 0 saturated carbocycles. The Morgan fingerprint density at radius 3 is 2.71 bits per heavy atom. The van der Waals surface area contributed by atoms with E-state index in [-0.39, 0.29) is 11.7 Å². The number of nitrogens with zero attached hydrogens (tertiary/aromatic N) is 4. The van der Waals surface area contributed by atoms with Crippen LogP contribution in [0.3, 0.4) is 0 Å². The summed E-state index contributed by atoms with van der Waals surface area (Å²) in [6, 6.07) is 9.50. The van der Waals surface area contributed by atoms with Crippen molar-refractivity contribution in [2.75, 3.05) is 39.1 Å². The number of aromatic amines is 1. The molecule has 45 heavy (non-hydrogen) atoms. The third kappa shape index (κ3) is 6.40.